The molecule has 2 nitrogen and oxygen atoms in total. The van der Waals surface area contributed by atoms with Crippen LogP contribution in [0.4, 0.5) is 0 Å². The second kappa shape index (κ2) is 7.11. The Morgan fingerprint density at radius 2 is 1.16 bits per heavy atom. The number of hydrogen-bond donors (Lipinski definition) is 0. The van der Waals surface area contributed by atoms with Crippen LogP contribution in [0.15, 0.2) is 36.4 Å². The van der Waals surface area contributed by atoms with E-state index >= 15 is 0 Å². The maximum Gasteiger partial charge on any atom is 0.122 e. The third-order valence-electron chi connectivity index (χ3n) is 6.13. The molecule has 0 radical (unpaired) electrons. The highest BCUT2D eigenvalue weighted by Crippen LogP contribution is 2.50. The van der Waals surface area contributed by atoms with Crippen molar-refractivity contribution in [2.45, 2.75) is 56.8 Å². The van der Waals surface area contributed by atoms with Crippen molar-refractivity contribution >= 4 is 0 Å². The lowest BCUT2D eigenvalue weighted by molar-refractivity contribution is 0.344. The van der Waals surface area contributed by atoms with Gasteiger partial charge in [-0.2, -0.15) is 0 Å². The Hall–Kier alpha value is -1.96. The summed E-state index contributed by atoms with van der Waals surface area (Å²) in [5.41, 5.74) is 5.75. The van der Waals surface area contributed by atoms with Gasteiger partial charge in [0.15, 0.2) is 0 Å². The summed E-state index contributed by atoms with van der Waals surface area (Å²) in [5, 5.41) is 0. The Morgan fingerprint density at radius 1 is 0.680 bits per heavy atom. The zero-order valence-electron chi connectivity index (χ0n) is 15.4. The van der Waals surface area contributed by atoms with Crippen LogP contribution in [0.1, 0.15) is 66.2 Å². The van der Waals surface area contributed by atoms with Crippen molar-refractivity contribution in [3.63, 3.8) is 0 Å². The van der Waals surface area contributed by atoms with Crippen LogP contribution in [0.5, 0.6) is 11.5 Å². The summed E-state index contributed by atoms with van der Waals surface area (Å²) in [7, 11) is 3.58. The molecule has 132 valence electrons. The van der Waals surface area contributed by atoms with Gasteiger partial charge in [0, 0.05) is 0 Å². The average molecular weight is 336 g/mol. The number of aryl methyl sites for hydroxylation is 2. The number of hydrogen-bond acceptors (Lipinski definition) is 2. The highest BCUT2D eigenvalue weighted by molar-refractivity contribution is 5.44. The molecule has 2 aromatic rings. The van der Waals surface area contributed by atoms with Gasteiger partial charge in [-0.3, -0.25) is 0 Å². The van der Waals surface area contributed by atoms with Gasteiger partial charge in [-0.25, -0.2) is 0 Å². The maximum absolute atomic E-state index is 5.61. The number of benzene rings is 2. The van der Waals surface area contributed by atoms with Crippen LogP contribution in [0, 0.1) is 0 Å². The number of methoxy groups -OCH3 is 2. The Labute approximate surface area is 151 Å². The van der Waals surface area contributed by atoms with E-state index in [2.05, 4.69) is 36.4 Å². The molecule has 25 heavy (non-hydrogen) atoms. The molecule has 4 rings (SSSR count). The summed E-state index contributed by atoms with van der Waals surface area (Å²) in [6.07, 6.45) is 8.49. The van der Waals surface area contributed by atoms with Crippen LogP contribution in [-0.2, 0) is 12.8 Å². The topological polar surface area (TPSA) is 18.5 Å². The van der Waals surface area contributed by atoms with Gasteiger partial charge in [-0.15, -0.1) is 0 Å². The Kier molecular flexibility index (Phi) is 4.70. The molecule has 2 aliphatic rings. The van der Waals surface area contributed by atoms with E-state index in [1.807, 2.05) is 0 Å². The first-order valence-electron chi connectivity index (χ1n) is 9.64. The van der Waals surface area contributed by atoms with Gasteiger partial charge in [0.1, 0.15) is 11.5 Å². The minimum absolute atomic E-state index is 0.645. The van der Waals surface area contributed by atoms with Crippen molar-refractivity contribution < 1.29 is 9.47 Å². The molecule has 2 atom stereocenters. The molecule has 2 aliphatic carbocycles. The number of rotatable bonds is 2. The van der Waals surface area contributed by atoms with Gasteiger partial charge in [0.25, 0.3) is 0 Å². The van der Waals surface area contributed by atoms with E-state index in [9.17, 15) is 0 Å². The van der Waals surface area contributed by atoms with Crippen molar-refractivity contribution in [1.29, 1.82) is 0 Å². The first kappa shape index (κ1) is 16.5. The minimum atomic E-state index is 0.645. The van der Waals surface area contributed by atoms with Crippen LogP contribution in [0.3, 0.4) is 0 Å². The predicted molar refractivity (Wildman–Crippen MR) is 102 cm³/mol. The van der Waals surface area contributed by atoms with Gasteiger partial charge >= 0.3 is 0 Å². The standard InChI is InChI=1S/C23H28O2/c1-24-22-12-8-16-14-18(22)6-4-3-5-7-19-15-17(9-13-23(19)25-2)21-11-10-20(16)21/h8-9,12-15,20-21H,3-7,10-11H2,1-2H3. The minimum Gasteiger partial charge on any atom is -0.496 e. The molecule has 2 unspecified atom stereocenters. The monoisotopic (exact) mass is 336 g/mol. The average Bonchev–Trinajstić information content (AvgIpc) is 2.61. The van der Waals surface area contributed by atoms with Crippen molar-refractivity contribution in [2.75, 3.05) is 14.2 Å². The van der Waals surface area contributed by atoms with Gasteiger partial charge in [0.05, 0.1) is 14.2 Å². The largest absolute Gasteiger partial charge is 0.496 e. The second-order valence-electron chi connectivity index (χ2n) is 7.49. The molecule has 1 fully saturated rings. The molecule has 2 aromatic carbocycles. The lowest BCUT2D eigenvalue weighted by Crippen LogP contribution is -2.22. The summed E-state index contributed by atoms with van der Waals surface area (Å²) < 4.78 is 11.2. The Bertz CT molecular complexity index is 686. The molecule has 0 heterocycles. The molecular weight excluding hydrogens is 308 g/mol. The highest BCUT2D eigenvalue weighted by atomic mass is 16.5. The van der Waals surface area contributed by atoms with Crippen LogP contribution < -0.4 is 9.47 Å². The van der Waals surface area contributed by atoms with Crippen molar-refractivity contribution in [2.24, 2.45) is 0 Å². The van der Waals surface area contributed by atoms with E-state index < -0.39 is 0 Å². The summed E-state index contributed by atoms with van der Waals surface area (Å²) >= 11 is 0. The highest BCUT2D eigenvalue weighted by Gasteiger charge is 2.34. The lowest BCUT2D eigenvalue weighted by Gasteiger charge is -2.38. The number of ether oxygens (including phenoxy) is 2. The fraction of sp³-hybridized carbons (Fsp3) is 0.478. The van der Waals surface area contributed by atoms with Gasteiger partial charge < -0.3 is 9.47 Å². The van der Waals surface area contributed by atoms with Crippen molar-refractivity contribution in [3.05, 3.63) is 58.7 Å². The van der Waals surface area contributed by atoms with Crippen molar-refractivity contribution in [1.82, 2.24) is 0 Å². The molecule has 4 bridgehead atoms. The Balaban J connectivity index is 1.72. The van der Waals surface area contributed by atoms with E-state index in [4.69, 9.17) is 9.47 Å². The zero-order valence-corrected chi connectivity index (χ0v) is 15.4. The summed E-state index contributed by atoms with van der Waals surface area (Å²) in [5.74, 6) is 3.40. The second-order valence-corrected chi connectivity index (χ2v) is 7.49. The van der Waals surface area contributed by atoms with Gasteiger partial charge in [-0.1, -0.05) is 30.7 Å². The molecule has 0 aliphatic heterocycles. The van der Waals surface area contributed by atoms with E-state index in [1.54, 1.807) is 14.2 Å². The molecular formula is C23H28O2. The lowest BCUT2D eigenvalue weighted by atomic mass is 9.66. The van der Waals surface area contributed by atoms with E-state index in [0.717, 1.165) is 24.3 Å². The summed E-state index contributed by atoms with van der Waals surface area (Å²) in [6.45, 7) is 0. The Morgan fingerprint density at radius 3 is 1.56 bits per heavy atom. The molecule has 0 saturated heterocycles. The molecule has 0 spiro atoms. The van der Waals surface area contributed by atoms with Crippen LogP contribution >= 0.6 is 0 Å². The molecule has 0 amide bonds. The third kappa shape index (κ3) is 3.15. The summed E-state index contributed by atoms with van der Waals surface area (Å²) in [4.78, 5) is 0. The first-order valence-corrected chi connectivity index (χ1v) is 9.64. The van der Waals surface area contributed by atoms with Gasteiger partial charge in [-0.05, 0) is 84.7 Å². The fourth-order valence-corrected chi connectivity index (χ4v) is 4.55. The third-order valence-corrected chi connectivity index (χ3v) is 6.13. The van der Waals surface area contributed by atoms with Crippen LogP contribution in [0.25, 0.3) is 0 Å². The van der Waals surface area contributed by atoms with Gasteiger partial charge in [0.2, 0.25) is 0 Å². The van der Waals surface area contributed by atoms with E-state index in [-0.39, 0.29) is 0 Å². The molecule has 1 saturated carbocycles. The van der Waals surface area contributed by atoms with Crippen molar-refractivity contribution in [3.8, 4) is 11.5 Å². The molecule has 0 aromatic heterocycles. The molecule has 2 heteroatoms. The SMILES string of the molecule is COc1ccc2cc1CCCCCc1cc(ccc1OC)C1CCC21. The normalized spacial score (nSPS) is 22.5. The fourth-order valence-electron chi connectivity index (χ4n) is 4.55. The smallest absolute Gasteiger partial charge is 0.122 e. The van der Waals surface area contributed by atoms with E-state index in [1.165, 1.54) is 54.4 Å². The first-order chi connectivity index (χ1) is 12.3. The van der Waals surface area contributed by atoms with E-state index in [0.29, 0.717) is 11.8 Å². The van der Waals surface area contributed by atoms with Crippen LogP contribution in [-0.4, -0.2) is 14.2 Å². The maximum atomic E-state index is 5.61. The number of fused-ring (bicyclic) bond motifs is 7. The quantitative estimate of drug-likeness (QED) is 0.707. The predicted octanol–water partition coefficient (Wildman–Crippen LogP) is 5.63. The molecule has 0 N–H and O–H groups in total. The summed E-state index contributed by atoms with van der Waals surface area (Å²) in [6, 6.07) is 13.8. The zero-order chi connectivity index (χ0) is 17.2. The van der Waals surface area contributed by atoms with Crippen LogP contribution in [0.2, 0.25) is 0 Å².